The number of hydrazone groups is 1. The molecule has 1 unspecified atom stereocenters. The Bertz CT molecular complexity index is 696. The van der Waals surface area contributed by atoms with Gasteiger partial charge in [-0.05, 0) is 23.3 Å². The van der Waals surface area contributed by atoms with E-state index in [0.29, 0.717) is 5.56 Å². The monoisotopic (exact) mass is 312 g/mol. The second-order valence-corrected chi connectivity index (χ2v) is 4.69. The number of rotatable bonds is 6. The first-order valence-corrected chi connectivity index (χ1v) is 6.86. The van der Waals surface area contributed by atoms with Crippen molar-refractivity contribution in [2.45, 2.75) is 6.10 Å². The summed E-state index contributed by atoms with van der Waals surface area (Å²) in [5.74, 6) is -1.38. The second-order valence-electron chi connectivity index (χ2n) is 4.69. The molecule has 23 heavy (non-hydrogen) atoms. The number of hydrogen-bond donors (Lipinski definition) is 2. The fraction of sp³-hybridized carbons (Fsp3) is 0.118. The summed E-state index contributed by atoms with van der Waals surface area (Å²) in [5.41, 5.74) is 4.00. The van der Waals surface area contributed by atoms with Crippen molar-refractivity contribution in [1.82, 2.24) is 5.43 Å². The van der Waals surface area contributed by atoms with E-state index in [4.69, 9.17) is 9.84 Å². The fourth-order valence-corrected chi connectivity index (χ4v) is 1.96. The molecule has 0 aliphatic heterocycles. The number of carboxylic acids is 1. The minimum Gasteiger partial charge on any atom is -0.478 e. The van der Waals surface area contributed by atoms with Crippen molar-refractivity contribution in [2.75, 3.05) is 7.11 Å². The average Bonchev–Trinajstić information content (AvgIpc) is 2.57. The van der Waals surface area contributed by atoms with Crippen LogP contribution in [0.4, 0.5) is 0 Å². The molecule has 0 aromatic heterocycles. The van der Waals surface area contributed by atoms with Gasteiger partial charge in [0.1, 0.15) is 0 Å². The van der Waals surface area contributed by atoms with Crippen LogP contribution >= 0.6 is 0 Å². The van der Waals surface area contributed by atoms with Crippen molar-refractivity contribution >= 4 is 18.1 Å². The molecule has 0 aliphatic rings. The Morgan fingerprint density at radius 3 is 2.35 bits per heavy atom. The summed E-state index contributed by atoms with van der Waals surface area (Å²) in [5, 5.41) is 12.7. The molecule has 2 rings (SSSR count). The van der Waals surface area contributed by atoms with Crippen LogP contribution in [0.2, 0.25) is 0 Å². The summed E-state index contributed by atoms with van der Waals surface area (Å²) in [6.45, 7) is 0. The Labute approximate surface area is 133 Å². The topological polar surface area (TPSA) is 88.0 Å². The third-order valence-corrected chi connectivity index (χ3v) is 3.12. The van der Waals surface area contributed by atoms with Crippen LogP contribution in [0, 0.1) is 0 Å². The molecule has 0 saturated heterocycles. The lowest BCUT2D eigenvalue weighted by molar-refractivity contribution is -0.131. The third kappa shape index (κ3) is 4.49. The van der Waals surface area contributed by atoms with Gasteiger partial charge in [0.15, 0.2) is 6.10 Å². The van der Waals surface area contributed by atoms with E-state index in [1.54, 1.807) is 24.3 Å². The van der Waals surface area contributed by atoms with Crippen molar-refractivity contribution in [3.05, 3.63) is 71.3 Å². The lowest BCUT2D eigenvalue weighted by Crippen LogP contribution is -2.26. The van der Waals surface area contributed by atoms with Gasteiger partial charge in [-0.2, -0.15) is 5.10 Å². The highest BCUT2D eigenvalue weighted by Gasteiger charge is 2.18. The Hall–Kier alpha value is -2.99. The molecular weight excluding hydrogens is 296 g/mol. The minimum atomic E-state index is -0.993. The minimum absolute atomic E-state index is 0.190. The number of methoxy groups -OCH3 is 1. The quantitative estimate of drug-likeness (QED) is 0.632. The van der Waals surface area contributed by atoms with Gasteiger partial charge in [-0.1, -0.05) is 42.5 Å². The number of ether oxygens (including phenoxy) is 1. The van der Waals surface area contributed by atoms with Crippen molar-refractivity contribution in [2.24, 2.45) is 5.10 Å². The summed E-state index contributed by atoms with van der Waals surface area (Å²) in [6, 6.07) is 15.2. The Morgan fingerprint density at radius 2 is 1.78 bits per heavy atom. The molecule has 2 N–H and O–H groups in total. The van der Waals surface area contributed by atoms with Crippen LogP contribution in [0.1, 0.15) is 27.6 Å². The zero-order valence-electron chi connectivity index (χ0n) is 12.5. The Morgan fingerprint density at radius 1 is 1.13 bits per heavy atom. The number of carbonyl (C=O) groups is 2. The molecule has 1 atom stereocenters. The summed E-state index contributed by atoms with van der Waals surface area (Å²) < 4.78 is 5.19. The van der Waals surface area contributed by atoms with Gasteiger partial charge in [0.2, 0.25) is 0 Å². The fourth-order valence-electron chi connectivity index (χ4n) is 1.96. The highest BCUT2D eigenvalue weighted by atomic mass is 16.5. The molecule has 1 amide bonds. The number of aromatic carboxylic acids is 1. The van der Waals surface area contributed by atoms with Crippen LogP contribution in [0.15, 0.2) is 59.7 Å². The van der Waals surface area contributed by atoms with Crippen molar-refractivity contribution in [1.29, 1.82) is 0 Å². The molecule has 0 bridgehead atoms. The van der Waals surface area contributed by atoms with Crippen LogP contribution in [0.3, 0.4) is 0 Å². The smallest absolute Gasteiger partial charge is 0.335 e. The van der Waals surface area contributed by atoms with Crippen LogP contribution in [-0.2, 0) is 9.53 Å². The standard InChI is InChI=1S/C17H16N2O4/c1-23-15(13-5-3-2-4-6-13)16(20)19-18-11-12-7-9-14(10-8-12)17(21)22/h2-11,15H,1H3,(H,19,20)(H,21,22). The second kappa shape index (κ2) is 7.86. The number of amides is 1. The zero-order valence-corrected chi connectivity index (χ0v) is 12.5. The van der Waals surface area contributed by atoms with Crippen molar-refractivity contribution in [3.8, 4) is 0 Å². The molecule has 0 aliphatic carbocycles. The molecule has 0 saturated carbocycles. The van der Waals surface area contributed by atoms with Crippen LogP contribution in [0.5, 0.6) is 0 Å². The number of nitrogens with zero attached hydrogens (tertiary/aromatic N) is 1. The van der Waals surface area contributed by atoms with E-state index in [-0.39, 0.29) is 5.56 Å². The third-order valence-electron chi connectivity index (χ3n) is 3.12. The van der Waals surface area contributed by atoms with E-state index < -0.39 is 18.0 Å². The van der Waals surface area contributed by atoms with Gasteiger partial charge in [0, 0.05) is 7.11 Å². The van der Waals surface area contributed by atoms with Crippen molar-refractivity contribution in [3.63, 3.8) is 0 Å². The van der Waals surface area contributed by atoms with Gasteiger partial charge in [0.05, 0.1) is 11.8 Å². The van der Waals surface area contributed by atoms with Gasteiger partial charge in [-0.3, -0.25) is 4.79 Å². The SMILES string of the molecule is COC(C(=O)NN=Cc1ccc(C(=O)O)cc1)c1ccccc1. The number of benzene rings is 2. The average molecular weight is 312 g/mol. The molecule has 6 heteroatoms. The van der Waals surface area contributed by atoms with Gasteiger partial charge in [-0.25, -0.2) is 10.2 Å². The van der Waals surface area contributed by atoms with E-state index in [2.05, 4.69) is 10.5 Å². The molecule has 6 nitrogen and oxygen atoms in total. The maximum atomic E-state index is 12.1. The van der Waals surface area contributed by atoms with Gasteiger partial charge < -0.3 is 9.84 Å². The molecule has 2 aromatic carbocycles. The van der Waals surface area contributed by atoms with E-state index in [1.807, 2.05) is 18.2 Å². The first-order chi connectivity index (χ1) is 11.1. The first-order valence-electron chi connectivity index (χ1n) is 6.86. The van der Waals surface area contributed by atoms with E-state index in [1.165, 1.54) is 25.5 Å². The van der Waals surface area contributed by atoms with E-state index in [0.717, 1.165) is 5.56 Å². The maximum Gasteiger partial charge on any atom is 0.335 e. The van der Waals surface area contributed by atoms with Gasteiger partial charge in [0.25, 0.3) is 5.91 Å². The predicted octanol–water partition coefficient (Wildman–Crippen LogP) is 2.22. The van der Waals surface area contributed by atoms with E-state index in [9.17, 15) is 9.59 Å². The van der Waals surface area contributed by atoms with Gasteiger partial charge in [-0.15, -0.1) is 0 Å². The molecule has 0 radical (unpaired) electrons. The number of nitrogens with one attached hydrogen (secondary N) is 1. The van der Waals surface area contributed by atoms with Gasteiger partial charge >= 0.3 is 5.97 Å². The number of carbonyl (C=O) groups excluding carboxylic acids is 1. The Kier molecular flexibility index (Phi) is 5.60. The lowest BCUT2D eigenvalue weighted by atomic mass is 10.1. The highest BCUT2D eigenvalue weighted by Crippen LogP contribution is 2.15. The molecule has 118 valence electrons. The summed E-state index contributed by atoms with van der Waals surface area (Å²) in [4.78, 5) is 22.8. The van der Waals surface area contributed by atoms with Crippen LogP contribution < -0.4 is 5.43 Å². The molecular formula is C17H16N2O4. The first kappa shape index (κ1) is 16.4. The molecule has 0 fully saturated rings. The van der Waals surface area contributed by atoms with Crippen LogP contribution in [-0.4, -0.2) is 30.3 Å². The number of hydrogen-bond acceptors (Lipinski definition) is 4. The normalized spacial score (nSPS) is 12.0. The predicted molar refractivity (Wildman–Crippen MR) is 85.3 cm³/mol. The largest absolute Gasteiger partial charge is 0.478 e. The lowest BCUT2D eigenvalue weighted by Gasteiger charge is -2.13. The number of carboxylic acid groups (broad SMARTS) is 1. The summed E-state index contributed by atoms with van der Waals surface area (Å²) in [7, 11) is 1.45. The zero-order chi connectivity index (χ0) is 16.7. The van der Waals surface area contributed by atoms with Crippen LogP contribution in [0.25, 0.3) is 0 Å². The molecule has 0 heterocycles. The van der Waals surface area contributed by atoms with E-state index >= 15 is 0 Å². The van der Waals surface area contributed by atoms with Crippen molar-refractivity contribution < 1.29 is 19.4 Å². The summed E-state index contributed by atoms with van der Waals surface area (Å²) >= 11 is 0. The highest BCUT2D eigenvalue weighted by molar-refractivity contribution is 5.89. The Balaban J connectivity index is 1.98. The maximum absolute atomic E-state index is 12.1. The molecule has 2 aromatic rings. The molecule has 0 spiro atoms. The summed E-state index contributed by atoms with van der Waals surface area (Å²) in [6.07, 6.45) is 0.684.